The summed E-state index contributed by atoms with van der Waals surface area (Å²) in [7, 11) is 0. The molecule has 7 nitrogen and oxygen atoms in total. The highest BCUT2D eigenvalue weighted by molar-refractivity contribution is 5.77. The number of rotatable bonds is 10. The van der Waals surface area contributed by atoms with Crippen LogP contribution in [0.15, 0.2) is 60.7 Å². The van der Waals surface area contributed by atoms with E-state index in [9.17, 15) is 15.0 Å². The van der Waals surface area contributed by atoms with E-state index in [-0.39, 0.29) is 31.1 Å². The van der Waals surface area contributed by atoms with Gasteiger partial charge < -0.3 is 29.7 Å². The monoisotopic (exact) mass is 443 g/mol. The van der Waals surface area contributed by atoms with E-state index in [1.165, 1.54) is 0 Å². The summed E-state index contributed by atoms with van der Waals surface area (Å²) in [5.74, 6) is -0.604. The van der Waals surface area contributed by atoms with Crippen molar-refractivity contribution in [1.29, 1.82) is 0 Å². The molecule has 174 valence electrons. The Morgan fingerprint density at radius 1 is 1.06 bits per heavy atom. The Bertz CT molecular complexity index is 818. The van der Waals surface area contributed by atoms with Crippen LogP contribution in [0.2, 0.25) is 0 Å². The van der Waals surface area contributed by atoms with Crippen LogP contribution in [-0.4, -0.2) is 60.0 Å². The van der Waals surface area contributed by atoms with Gasteiger partial charge in [-0.25, -0.2) is 0 Å². The number of amides is 1. The van der Waals surface area contributed by atoms with Crippen molar-refractivity contribution in [3.8, 4) is 0 Å². The number of hydrogen-bond acceptors (Lipinski definition) is 6. The van der Waals surface area contributed by atoms with Crippen molar-refractivity contribution >= 4 is 5.91 Å². The third-order valence-electron chi connectivity index (χ3n) is 5.61. The Morgan fingerprint density at radius 2 is 1.69 bits per heavy atom. The molecular weight excluding hydrogens is 410 g/mol. The summed E-state index contributed by atoms with van der Waals surface area (Å²) in [5.41, 5.74) is 2.12. The molecule has 6 atom stereocenters. The topological polar surface area (TPSA) is 97.3 Å². The van der Waals surface area contributed by atoms with Crippen LogP contribution in [0.4, 0.5) is 0 Å². The summed E-state index contributed by atoms with van der Waals surface area (Å²) < 4.78 is 17.5. The number of aliphatic hydroxyl groups is 2. The first-order valence-electron chi connectivity index (χ1n) is 11.0. The largest absolute Gasteiger partial charge is 0.394 e. The van der Waals surface area contributed by atoms with Crippen LogP contribution < -0.4 is 5.32 Å². The first-order valence-corrected chi connectivity index (χ1v) is 11.0. The zero-order valence-electron chi connectivity index (χ0n) is 18.6. The molecule has 0 aliphatic carbocycles. The fourth-order valence-electron chi connectivity index (χ4n) is 3.91. The molecule has 1 saturated heterocycles. The minimum Gasteiger partial charge on any atom is -0.394 e. The number of benzene rings is 2. The summed E-state index contributed by atoms with van der Waals surface area (Å²) in [6, 6.07) is 19.5. The van der Waals surface area contributed by atoms with Crippen molar-refractivity contribution in [2.24, 2.45) is 5.92 Å². The second-order valence-electron chi connectivity index (χ2n) is 8.31. The van der Waals surface area contributed by atoms with E-state index >= 15 is 0 Å². The van der Waals surface area contributed by atoms with E-state index < -0.39 is 24.6 Å². The molecule has 2 unspecified atom stereocenters. The van der Waals surface area contributed by atoms with E-state index in [0.29, 0.717) is 13.0 Å². The van der Waals surface area contributed by atoms with Crippen LogP contribution in [0.3, 0.4) is 0 Å². The summed E-state index contributed by atoms with van der Waals surface area (Å²) in [4.78, 5) is 12.4. The molecular formula is C25H33NO6. The normalized spacial score (nSPS) is 26.4. The molecule has 0 radical (unpaired) electrons. The van der Waals surface area contributed by atoms with E-state index in [2.05, 4.69) is 5.32 Å². The molecule has 1 heterocycles. The third-order valence-corrected chi connectivity index (χ3v) is 5.61. The third kappa shape index (κ3) is 6.85. The molecule has 3 rings (SSSR count). The van der Waals surface area contributed by atoms with E-state index in [0.717, 1.165) is 11.1 Å². The molecule has 1 aliphatic rings. The highest BCUT2D eigenvalue weighted by Gasteiger charge is 2.44. The molecule has 7 heteroatoms. The number of carbonyl (C=O) groups is 1. The molecule has 32 heavy (non-hydrogen) atoms. The molecule has 2 aromatic rings. The Kier molecular flexibility index (Phi) is 9.20. The lowest BCUT2D eigenvalue weighted by Crippen LogP contribution is -2.57. The average Bonchev–Trinajstić information content (AvgIpc) is 2.79. The lowest BCUT2D eigenvalue weighted by atomic mass is 9.92. The summed E-state index contributed by atoms with van der Waals surface area (Å²) >= 11 is 0. The van der Waals surface area contributed by atoms with Crippen LogP contribution in [0.25, 0.3) is 0 Å². The maximum atomic E-state index is 12.4. The number of hydrogen-bond donors (Lipinski definition) is 3. The van der Waals surface area contributed by atoms with Gasteiger partial charge in [-0.1, -0.05) is 67.6 Å². The molecule has 0 saturated carbocycles. The van der Waals surface area contributed by atoms with Gasteiger partial charge in [0, 0.05) is 12.0 Å². The minimum absolute atomic E-state index is 0.0577. The predicted molar refractivity (Wildman–Crippen MR) is 120 cm³/mol. The van der Waals surface area contributed by atoms with Gasteiger partial charge in [-0.15, -0.1) is 0 Å². The maximum Gasteiger partial charge on any atom is 0.246 e. The van der Waals surface area contributed by atoms with Crippen LogP contribution >= 0.6 is 0 Å². The number of nitrogens with one attached hydrogen (secondary N) is 1. The minimum atomic E-state index is -1.07. The van der Waals surface area contributed by atoms with Crippen molar-refractivity contribution < 1.29 is 29.2 Å². The molecule has 0 spiro atoms. The molecule has 0 aromatic heterocycles. The van der Waals surface area contributed by atoms with Gasteiger partial charge in [0.25, 0.3) is 0 Å². The maximum absolute atomic E-state index is 12.4. The van der Waals surface area contributed by atoms with Crippen molar-refractivity contribution in [1.82, 2.24) is 5.32 Å². The van der Waals surface area contributed by atoms with Crippen molar-refractivity contribution in [3.63, 3.8) is 0 Å². The highest BCUT2D eigenvalue weighted by atomic mass is 16.7. The van der Waals surface area contributed by atoms with Gasteiger partial charge in [0.1, 0.15) is 18.8 Å². The standard InChI is InChI=1S/C25H33NO6/c1-17(13-19-9-5-3-6-10-19)26-22(28)16-30-24-18(2)25(32-21(14-27)23(24)29)31-15-20-11-7-4-8-12-20/h3-12,17-18,21,23-25,27,29H,13-16H2,1-2H3,(H,26,28)/t17-,18-,21?,23+,24?,25-/m0/s1. The van der Waals surface area contributed by atoms with Crippen molar-refractivity contribution in [3.05, 3.63) is 71.8 Å². The average molecular weight is 444 g/mol. The summed E-state index contributed by atoms with van der Waals surface area (Å²) in [6.45, 7) is 3.53. The van der Waals surface area contributed by atoms with Crippen LogP contribution in [0, 0.1) is 5.92 Å². The molecule has 0 bridgehead atoms. The molecule has 1 amide bonds. The molecule has 1 fully saturated rings. The van der Waals surface area contributed by atoms with Crippen LogP contribution in [-0.2, 0) is 32.0 Å². The van der Waals surface area contributed by atoms with Gasteiger partial charge in [-0.05, 0) is 24.5 Å². The lowest BCUT2D eigenvalue weighted by Gasteiger charge is -2.42. The SMILES string of the molecule is C[C@@H](Cc1ccccc1)NC(=O)COC1[C@H](O)C(CO)O[C@H](OCc2ccccc2)[C@H]1C. The highest BCUT2D eigenvalue weighted by Crippen LogP contribution is 2.29. The van der Waals surface area contributed by atoms with Crippen LogP contribution in [0.1, 0.15) is 25.0 Å². The smallest absolute Gasteiger partial charge is 0.246 e. The van der Waals surface area contributed by atoms with Crippen molar-refractivity contribution in [2.75, 3.05) is 13.2 Å². The van der Waals surface area contributed by atoms with Gasteiger partial charge >= 0.3 is 0 Å². The number of carbonyl (C=O) groups excluding carboxylic acids is 1. The quantitative estimate of drug-likeness (QED) is 0.520. The second-order valence-corrected chi connectivity index (χ2v) is 8.31. The number of aliphatic hydroxyl groups excluding tert-OH is 2. The number of ether oxygens (including phenoxy) is 3. The van der Waals surface area contributed by atoms with Gasteiger partial charge in [-0.2, -0.15) is 0 Å². The molecule has 3 N–H and O–H groups in total. The van der Waals surface area contributed by atoms with E-state index in [1.807, 2.05) is 74.5 Å². The zero-order chi connectivity index (χ0) is 22.9. The van der Waals surface area contributed by atoms with E-state index in [1.54, 1.807) is 0 Å². The Morgan fingerprint density at radius 3 is 2.31 bits per heavy atom. The summed E-state index contributed by atoms with van der Waals surface area (Å²) in [6.07, 6.45) is -2.60. The van der Waals surface area contributed by atoms with E-state index in [4.69, 9.17) is 14.2 Å². The Hall–Kier alpha value is -2.29. The predicted octanol–water partition coefficient (Wildman–Crippen LogP) is 2.05. The van der Waals surface area contributed by atoms with Gasteiger partial charge in [0.2, 0.25) is 5.91 Å². The Balaban J connectivity index is 1.52. The first-order chi connectivity index (χ1) is 15.5. The van der Waals surface area contributed by atoms with Crippen LogP contribution in [0.5, 0.6) is 0 Å². The molecule has 1 aliphatic heterocycles. The van der Waals surface area contributed by atoms with Gasteiger partial charge in [0.05, 0.1) is 19.3 Å². The molecule has 2 aromatic carbocycles. The van der Waals surface area contributed by atoms with Crippen molar-refractivity contribution in [2.45, 2.75) is 57.5 Å². The summed E-state index contributed by atoms with van der Waals surface area (Å²) in [5, 5.41) is 23.1. The fourth-order valence-corrected chi connectivity index (χ4v) is 3.91. The first kappa shape index (κ1) is 24.4. The lowest BCUT2D eigenvalue weighted by molar-refractivity contribution is -0.291. The second kappa shape index (κ2) is 12.1. The Labute approximate surface area is 189 Å². The van der Waals surface area contributed by atoms with Gasteiger partial charge in [0.15, 0.2) is 6.29 Å². The zero-order valence-corrected chi connectivity index (χ0v) is 18.6. The van der Waals surface area contributed by atoms with Gasteiger partial charge in [-0.3, -0.25) is 4.79 Å². The fraction of sp³-hybridized carbons (Fsp3) is 0.480.